The van der Waals surface area contributed by atoms with Crippen LogP contribution in [-0.2, 0) is 4.79 Å². The summed E-state index contributed by atoms with van der Waals surface area (Å²) >= 11 is 1.16. The van der Waals surface area contributed by atoms with E-state index in [0.29, 0.717) is 41.7 Å². The SMILES string of the molecule is COc1ccc(C(=O)Nc2nc(C(=O)NCCN3CCCCC3=O)cs2)cc1OC. The third-order valence-corrected chi connectivity index (χ3v) is 5.45. The minimum Gasteiger partial charge on any atom is -0.493 e. The van der Waals surface area contributed by atoms with Crippen molar-refractivity contribution in [1.82, 2.24) is 15.2 Å². The molecule has 2 heterocycles. The second kappa shape index (κ2) is 10.1. The molecule has 2 aromatic rings. The highest BCUT2D eigenvalue weighted by atomic mass is 32.1. The van der Waals surface area contributed by atoms with Gasteiger partial charge in [-0.2, -0.15) is 0 Å². The van der Waals surface area contributed by atoms with E-state index in [-0.39, 0.29) is 23.4 Å². The van der Waals surface area contributed by atoms with Gasteiger partial charge >= 0.3 is 0 Å². The van der Waals surface area contributed by atoms with E-state index in [0.717, 1.165) is 30.7 Å². The van der Waals surface area contributed by atoms with Crippen LogP contribution in [0.25, 0.3) is 0 Å². The molecule has 3 rings (SSSR count). The van der Waals surface area contributed by atoms with Crippen molar-refractivity contribution in [3.8, 4) is 11.5 Å². The summed E-state index contributed by atoms with van der Waals surface area (Å²) in [4.78, 5) is 42.5. The minimum atomic E-state index is -0.374. The number of likely N-dealkylation sites (tertiary alicyclic amines) is 1. The molecule has 0 unspecified atom stereocenters. The van der Waals surface area contributed by atoms with Crippen LogP contribution in [0, 0.1) is 0 Å². The molecule has 30 heavy (non-hydrogen) atoms. The van der Waals surface area contributed by atoms with Gasteiger partial charge in [-0.05, 0) is 31.0 Å². The molecule has 1 aromatic heterocycles. The number of benzene rings is 1. The molecule has 2 N–H and O–H groups in total. The molecule has 1 aliphatic rings. The number of methoxy groups -OCH3 is 2. The standard InChI is InChI=1S/C20H24N4O5S/c1-28-15-7-6-13(11-16(15)29-2)18(26)23-20-22-14(12-30-20)19(27)21-8-10-24-9-4-3-5-17(24)25/h6-7,11-12H,3-5,8-10H2,1-2H3,(H,21,27)(H,22,23,26). The lowest BCUT2D eigenvalue weighted by Gasteiger charge is -2.26. The van der Waals surface area contributed by atoms with Crippen molar-refractivity contribution in [3.63, 3.8) is 0 Å². The Morgan fingerprint density at radius 2 is 1.97 bits per heavy atom. The monoisotopic (exact) mass is 432 g/mol. The number of carbonyl (C=O) groups is 3. The summed E-state index contributed by atoms with van der Waals surface area (Å²) in [6, 6.07) is 4.82. The van der Waals surface area contributed by atoms with Crippen molar-refractivity contribution in [3.05, 3.63) is 34.8 Å². The van der Waals surface area contributed by atoms with E-state index < -0.39 is 0 Å². The van der Waals surface area contributed by atoms with Crippen LogP contribution in [-0.4, -0.2) is 61.5 Å². The fraction of sp³-hybridized carbons (Fsp3) is 0.400. The van der Waals surface area contributed by atoms with Gasteiger partial charge < -0.3 is 19.7 Å². The first kappa shape index (κ1) is 21.6. The van der Waals surface area contributed by atoms with Crippen LogP contribution in [0.2, 0.25) is 0 Å². The fourth-order valence-electron chi connectivity index (χ4n) is 3.08. The lowest BCUT2D eigenvalue weighted by Crippen LogP contribution is -2.41. The first-order valence-corrected chi connectivity index (χ1v) is 10.4. The number of aromatic nitrogens is 1. The van der Waals surface area contributed by atoms with E-state index in [1.54, 1.807) is 28.5 Å². The number of anilines is 1. The van der Waals surface area contributed by atoms with Gasteiger partial charge in [0.1, 0.15) is 5.69 Å². The van der Waals surface area contributed by atoms with E-state index in [2.05, 4.69) is 15.6 Å². The number of piperidine rings is 1. The molecule has 0 spiro atoms. The van der Waals surface area contributed by atoms with Gasteiger partial charge in [-0.3, -0.25) is 19.7 Å². The molecule has 1 fully saturated rings. The van der Waals surface area contributed by atoms with Gasteiger partial charge in [-0.1, -0.05) is 0 Å². The molecule has 9 nitrogen and oxygen atoms in total. The molecular weight excluding hydrogens is 408 g/mol. The zero-order chi connectivity index (χ0) is 21.5. The first-order chi connectivity index (χ1) is 14.5. The highest BCUT2D eigenvalue weighted by Gasteiger charge is 2.18. The number of rotatable bonds is 8. The molecule has 1 aromatic carbocycles. The van der Waals surface area contributed by atoms with E-state index in [9.17, 15) is 14.4 Å². The second-order valence-corrected chi connectivity index (χ2v) is 7.51. The highest BCUT2D eigenvalue weighted by molar-refractivity contribution is 7.14. The summed E-state index contributed by atoms with van der Waals surface area (Å²) in [5, 5.41) is 7.32. The van der Waals surface area contributed by atoms with E-state index >= 15 is 0 Å². The normalized spacial score (nSPS) is 13.7. The second-order valence-electron chi connectivity index (χ2n) is 6.66. The number of nitrogens with one attached hydrogen (secondary N) is 2. The Hall–Kier alpha value is -3.14. The Labute approximate surface area is 178 Å². The molecule has 160 valence electrons. The van der Waals surface area contributed by atoms with Crippen LogP contribution in [0.1, 0.15) is 40.1 Å². The quantitative estimate of drug-likeness (QED) is 0.662. The summed E-state index contributed by atoms with van der Waals surface area (Å²) in [6.45, 7) is 1.57. The molecule has 0 radical (unpaired) electrons. The largest absolute Gasteiger partial charge is 0.493 e. The van der Waals surface area contributed by atoms with Gasteiger partial charge in [0.15, 0.2) is 16.6 Å². The van der Waals surface area contributed by atoms with Gasteiger partial charge in [0.05, 0.1) is 14.2 Å². The molecule has 0 atom stereocenters. The zero-order valence-electron chi connectivity index (χ0n) is 16.9. The summed E-state index contributed by atoms with van der Waals surface area (Å²) in [7, 11) is 3.01. The molecule has 1 saturated heterocycles. The van der Waals surface area contributed by atoms with Crippen molar-refractivity contribution < 1.29 is 23.9 Å². The van der Waals surface area contributed by atoms with Crippen LogP contribution < -0.4 is 20.1 Å². The number of hydrogen-bond donors (Lipinski definition) is 2. The Morgan fingerprint density at radius 1 is 1.17 bits per heavy atom. The molecule has 3 amide bonds. The van der Waals surface area contributed by atoms with Crippen LogP contribution in [0.5, 0.6) is 11.5 Å². The molecule has 0 saturated carbocycles. The van der Waals surface area contributed by atoms with Crippen LogP contribution in [0.4, 0.5) is 5.13 Å². The lowest BCUT2D eigenvalue weighted by molar-refractivity contribution is -0.133. The summed E-state index contributed by atoms with van der Waals surface area (Å²) in [5.74, 6) is 0.373. The maximum atomic E-state index is 12.5. The Balaban J connectivity index is 1.53. The number of nitrogens with zero attached hydrogens (tertiary/aromatic N) is 2. The topological polar surface area (TPSA) is 110 Å². The van der Waals surface area contributed by atoms with Gasteiger partial charge in [0.2, 0.25) is 5.91 Å². The van der Waals surface area contributed by atoms with Crippen molar-refractivity contribution in [2.45, 2.75) is 19.3 Å². The van der Waals surface area contributed by atoms with Gasteiger partial charge in [-0.25, -0.2) is 4.98 Å². The molecule has 0 aliphatic carbocycles. The predicted molar refractivity (Wildman–Crippen MR) is 112 cm³/mol. The maximum Gasteiger partial charge on any atom is 0.270 e. The highest BCUT2D eigenvalue weighted by Crippen LogP contribution is 2.28. The molecule has 10 heteroatoms. The number of amides is 3. The van der Waals surface area contributed by atoms with Crippen molar-refractivity contribution in [2.75, 3.05) is 39.2 Å². The van der Waals surface area contributed by atoms with Crippen LogP contribution >= 0.6 is 11.3 Å². The minimum absolute atomic E-state index is 0.129. The van der Waals surface area contributed by atoms with E-state index in [4.69, 9.17) is 9.47 Å². The average molecular weight is 433 g/mol. The number of carbonyl (C=O) groups excluding carboxylic acids is 3. The molecule has 1 aliphatic heterocycles. The Bertz CT molecular complexity index is 930. The fourth-order valence-corrected chi connectivity index (χ4v) is 3.76. The number of hydrogen-bond acceptors (Lipinski definition) is 7. The van der Waals surface area contributed by atoms with Gasteiger partial charge in [0, 0.05) is 37.0 Å². The lowest BCUT2D eigenvalue weighted by atomic mass is 10.1. The van der Waals surface area contributed by atoms with Crippen LogP contribution in [0.3, 0.4) is 0 Å². The molecule has 0 bridgehead atoms. The van der Waals surface area contributed by atoms with E-state index in [1.807, 2.05) is 0 Å². The summed E-state index contributed by atoms with van der Waals surface area (Å²) in [6.07, 6.45) is 2.50. The third kappa shape index (κ3) is 5.26. The third-order valence-electron chi connectivity index (χ3n) is 4.69. The summed E-state index contributed by atoms with van der Waals surface area (Å²) < 4.78 is 10.4. The van der Waals surface area contributed by atoms with Crippen LogP contribution in [0.15, 0.2) is 23.6 Å². The Kier molecular flexibility index (Phi) is 7.23. The van der Waals surface area contributed by atoms with Crippen molar-refractivity contribution in [2.24, 2.45) is 0 Å². The Morgan fingerprint density at radius 3 is 2.70 bits per heavy atom. The number of thiazole rings is 1. The molecular formula is C20H24N4O5S. The summed E-state index contributed by atoms with van der Waals surface area (Å²) in [5.41, 5.74) is 0.590. The first-order valence-electron chi connectivity index (χ1n) is 9.56. The van der Waals surface area contributed by atoms with Gasteiger partial charge in [0.25, 0.3) is 11.8 Å². The predicted octanol–water partition coefficient (Wildman–Crippen LogP) is 2.15. The smallest absolute Gasteiger partial charge is 0.270 e. The van der Waals surface area contributed by atoms with Gasteiger partial charge in [-0.15, -0.1) is 11.3 Å². The number of ether oxygens (including phenoxy) is 2. The van der Waals surface area contributed by atoms with Crippen molar-refractivity contribution in [1.29, 1.82) is 0 Å². The van der Waals surface area contributed by atoms with Crippen molar-refractivity contribution >= 4 is 34.2 Å². The zero-order valence-corrected chi connectivity index (χ0v) is 17.7. The maximum absolute atomic E-state index is 12.5. The average Bonchev–Trinajstić information content (AvgIpc) is 3.23. The van der Waals surface area contributed by atoms with E-state index in [1.165, 1.54) is 14.2 Å².